The van der Waals surface area contributed by atoms with Crippen molar-refractivity contribution in [2.45, 2.75) is 45.4 Å². The zero-order valence-corrected chi connectivity index (χ0v) is 12.6. The third-order valence-corrected chi connectivity index (χ3v) is 4.55. The standard InChI is InChI=1S/C15H22N4O2/c1-9-7-11-13(18-19(2)14(11)17-15(9)21)16-12(20)8-10-5-3-4-6-10/h9-10H,3-8H2,1-2H3,(H,17,21)(H,16,18,20)/t9-/m0/s1. The number of anilines is 2. The van der Waals surface area contributed by atoms with Crippen molar-refractivity contribution in [3.8, 4) is 0 Å². The fourth-order valence-corrected chi connectivity index (χ4v) is 3.32. The molecule has 1 aliphatic heterocycles. The summed E-state index contributed by atoms with van der Waals surface area (Å²) in [5.74, 6) is 1.77. The molecule has 2 heterocycles. The van der Waals surface area contributed by atoms with Gasteiger partial charge in [-0.2, -0.15) is 5.10 Å². The minimum Gasteiger partial charge on any atom is -0.310 e. The average molecular weight is 290 g/mol. The first-order valence-electron chi connectivity index (χ1n) is 7.71. The second-order valence-corrected chi connectivity index (χ2v) is 6.30. The number of fused-ring (bicyclic) bond motifs is 1. The molecule has 1 aliphatic carbocycles. The fourth-order valence-electron chi connectivity index (χ4n) is 3.32. The van der Waals surface area contributed by atoms with Crippen molar-refractivity contribution < 1.29 is 9.59 Å². The molecule has 1 atom stereocenters. The Kier molecular flexibility index (Phi) is 3.69. The minimum atomic E-state index is -0.0906. The fraction of sp³-hybridized carbons (Fsp3) is 0.667. The van der Waals surface area contributed by atoms with Crippen LogP contribution in [-0.2, 0) is 23.1 Å². The van der Waals surface area contributed by atoms with Gasteiger partial charge in [-0.25, -0.2) is 0 Å². The monoisotopic (exact) mass is 290 g/mol. The van der Waals surface area contributed by atoms with E-state index in [1.807, 2.05) is 6.92 Å². The molecule has 6 heteroatoms. The molecule has 1 fully saturated rings. The molecule has 2 N–H and O–H groups in total. The third-order valence-electron chi connectivity index (χ3n) is 4.55. The van der Waals surface area contributed by atoms with Crippen LogP contribution >= 0.6 is 0 Å². The van der Waals surface area contributed by atoms with Gasteiger partial charge in [0.15, 0.2) is 5.82 Å². The van der Waals surface area contributed by atoms with Crippen LogP contribution in [0.3, 0.4) is 0 Å². The van der Waals surface area contributed by atoms with Crippen molar-refractivity contribution in [3.63, 3.8) is 0 Å². The van der Waals surface area contributed by atoms with Crippen molar-refractivity contribution in [1.29, 1.82) is 0 Å². The van der Waals surface area contributed by atoms with Gasteiger partial charge in [0.2, 0.25) is 11.8 Å². The Morgan fingerprint density at radius 3 is 2.86 bits per heavy atom. The molecule has 2 aliphatic rings. The highest BCUT2D eigenvalue weighted by Crippen LogP contribution is 2.32. The highest BCUT2D eigenvalue weighted by molar-refractivity contribution is 5.97. The van der Waals surface area contributed by atoms with Gasteiger partial charge >= 0.3 is 0 Å². The maximum atomic E-state index is 12.2. The smallest absolute Gasteiger partial charge is 0.228 e. The van der Waals surface area contributed by atoms with Gasteiger partial charge in [-0.15, -0.1) is 0 Å². The predicted octanol–water partition coefficient (Wildman–Crippen LogP) is 2.07. The van der Waals surface area contributed by atoms with Gasteiger partial charge in [0.1, 0.15) is 5.82 Å². The first kappa shape index (κ1) is 14.1. The zero-order chi connectivity index (χ0) is 15.0. The van der Waals surface area contributed by atoms with Gasteiger partial charge in [0.25, 0.3) is 0 Å². The molecule has 1 aromatic heterocycles. The van der Waals surface area contributed by atoms with Crippen LogP contribution in [0.5, 0.6) is 0 Å². The van der Waals surface area contributed by atoms with E-state index in [-0.39, 0.29) is 17.7 Å². The predicted molar refractivity (Wildman–Crippen MR) is 79.9 cm³/mol. The second kappa shape index (κ2) is 5.50. The number of carbonyl (C=O) groups is 2. The molecule has 1 saturated carbocycles. The van der Waals surface area contributed by atoms with E-state index >= 15 is 0 Å². The van der Waals surface area contributed by atoms with Crippen molar-refractivity contribution >= 4 is 23.5 Å². The average Bonchev–Trinajstić information content (AvgIpc) is 3.01. The van der Waals surface area contributed by atoms with E-state index < -0.39 is 0 Å². The maximum Gasteiger partial charge on any atom is 0.228 e. The van der Waals surface area contributed by atoms with E-state index in [4.69, 9.17) is 0 Å². The molecular formula is C15H22N4O2. The lowest BCUT2D eigenvalue weighted by atomic mass is 9.97. The molecule has 0 aromatic carbocycles. The Morgan fingerprint density at radius 1 is 1.43 bits per heavy atom. The molecule has 3 rings (SSSR count). The largest absolute Gasteiger partial charge is 0.310 e. The van der Waals surface area contributed by atoms with E-state index in [0.29, 0.717) is 30.4 Å². The van der Waals surface area contributed by atoms with E-state index in [1.165, 1.54) is 12.8 Å². The molecule has 1 aromatic rings. The summed E-state index contributed by atoms with van der Waals surface area (Å²) < 4.78 is 1.63. The van der Waals surface area contributed by atoms with Crippen LogP contribution in [0.2, 0.25) is 0 Å². The lowest BCUT2D eigenvalue weighted by Crippen LogP contribution is -2.28. The lowest BCUT2D eigenvalue weighted by Gasteiger charge is -2.19. The van der Waals surface area contributed by atoms with Crippen molar-refractivity contribution in [3.05, 3.63) is 5.56 Å². The zero-order valence-electron chi connectivity index (χ0n) is 12.6. The van der Waals surface area contributed by atoms with E-state index in [2.05, 4.69) is 15.7 Å². The Morgan fingerprint density at radius 2 is 2.14 bits per heavy atom. The summed E-state index contributed by atoms with van der Waals surface area (Å²) in [4.78, 5) is 23.9. The molecule has 0 bridgehead atoms. The highest BCUT2D eigenvalue weighted by atomic mass is 16.2. The molecule has 0 unspecified atom stereocenters. The van der Waals surface area contributed by atoms with Gasteiger partial charge in [-0.05, 0) is 25.2 Å². The number of hydrogen-bond donors (Lipinski definition) is 2. The van der Waals surface area contributed by atoms with Crippen LogP contribution in [-0.4, -0.2) is 21.6 Å². The summed E-state index contributed by atoms with van der Waals surface area (Å²) in [5, 5.41) is 10.1. The highest BCUT2D eigenvalue weighted by Gasteiger charge is 2.29. The number of carbonyl (C=O) groups excluding carboxylic acids is 2. The molecule has 114 valence electrons. The van der Waals surface area contributed by atoms with Crippen LogP contribution in [0.4, 0.5) is 11.6 Å². The molecule has 2 amide bonds. The van der Waals surface area contributed by atoms with Crippen LogP contribution in [0.15, 0.2) is 0 Å². The summed E-state index contributed by atoms with van der Waals surface area (Å²) in [5.41, 5.74) is 0.935. The van der Waals surface area contributed by atoms with Crippen molar-refractivity contribution in [2.24, 2.45) is 18.9 Å². The van der Waals surface area contributed by atoms with Crippen molar-refractivity contribution in [1.82, 2.24) is 9.78 Å². The first-order chi connectivity index (χ1) is 10.0. The van der Waals surface area contributed by atoms with Crippen molar-refractivity contribution in [2.75, 3.05) is 10.6 Å². The first-order valence-corrected chi connectivity index (χ1v) is 7.71. The molecule has 21 heavy (non-hydrogen) atoms. The summed E-state index contributed by atoms with van der Waals surface area (Å²) in [6.07, 6.45) is 5.98. The van der Waals surface area contributed by atoms with E-state index in [0.717, 1.165) is 18.4 Å². The summed E-state index contributed by atoms with van der Waals surface area (Å²) in [7, 11) is 1.78. The van der Waals surface area contributed by atoms with Gasteiger partial charge in [-0.3, -0.25) is 14.3 Å². The summed E-state index contributed by atoms with van der Waals surface area (Å²) in [6, 6.07) is 0. The molecule has 6 nitrogen and oxygen atoms in total. The number of nitrogens with one attached hydrogen (secondary N) is 2. The lowest BCUT2D eigenvalue weighted by molar-refractivity contribution is -0.119. The number of aromatic nitrogens is 2. The molecule has 0 spiro atoms. The molecular weight excluding hydrogens is 268 g/mol. The van der Waals surface area contributed by atoms with Gasteiger partial charge in [0, 0.05) is 24.9 Å². The third kappa shape index (κ3) is 2.80. The normalized spacial score (nSPS) is 22.0. The maximum absolute atomic E-state index is 12.2. The number of nitrogens with zero attached hydrogens (tertiary/aromatic N) is 2. The van der Waals surface area contributed by atoms with E-state index in [9.17, 15) is 9.59 Å². The molecule has 0 radical (unpaired) electrons. The van der Waals surface area contributed by atoms with Crippen LogP contribution in [0.1, 0.15) is 44.6 Å². The SMILES string of the molecule is C[C@H]1Cc2c(NC(=O)CC3CCCC3)nn(C)c2NC1=O. The summed E-state index contributed by atoms with van der Waals surface area (Å²) >= 11 is 0. The Hall–Kier alpha value is -1.85. The molecule has 0 saturated heterocycles. The van der Waals surface area contributed by atoms with Crippen LogP contribution in [0, 0.1) is 11.8 Å². The summed E-state index contributed by atoms with van der Waals surface area (Å²) in [6.45, 7) is 1.88. The van der Waals surface area contributed by atoms with E-state index in [1.54, 1.807) is 11.7 Å². The Bertz CT molecular complexity index is 572. The van der Waals surface area contributed by atoms with Gasteiger partial charge < -0.3 is 10.6 Å². The number of hydrogen-bond acceptors (Lipinski definition) is 3. The van der Waals surface area contributed by atoms with Crippen LogP contribution in [0.25, 0.3) is 0 Å². The van der Waals surface area contributed by atoms with Crippen LogP contribution < -0.4 is 10.6 Å². The Labute approximate surface area is 124 Å². The topological polar surface area (TPSA) is 76.0 Å². The van der Waals surface area contributed by atoms with Gasteiger partial charge in [0.05, 0.1) is 0 Å². The number of rotatable bonds is 3. The quantitative estimate of drug-likeness (QED) is 0.894. The second-order valence-electron chi connectivity index (χ2n) is 6.30. The Balaban J connectivity index is 1.72. The number of amides is 2. The number of aryl methyl sites for hydroxylation is 1. The van der Waals surface area contributed by atoms with Gasteiger partial charge in [-0.1, -0.05) is 19.8 Å². The minimum absolute atomic E-state index is 0.00864.